The quantitative estimate of drug-likeness (QED) is 0.722. The van der Waals surface area contributed by atoms with Crippen molar-refractivity contribution in [2.45, 2.75) is 0 Å². The number of benzene rings is 1. The number of nitrogens with zero attached hydrogens (tertiary/aromatic N) is 3. The van der Waals surface area contributed by atoms with Gasteiger partial charge in [0.05, 0.1) is 22.3 Å². The zero-order valence-corrected chi connectivity index (χ0v) is 11.9. The first kappa shape index (κ1) is 12.6. The standard InChI is InChI=1S/C13H13N5OS/c1-18(2)13-14-6-10(20-13)12-16-9-5-3-4-8(15-7-19)11(9)17-12/h3-7H,1-2H3,(H,15,19)(H,16,17). The molecular weight excluding hydrogens is 274 g/mol. The van der Waals surface area contributed by atoms with Gasteiger partial charge in [0.1, 0.15) is 11.3 Å². The van der Waals surface area contributed by atoms with E-state index in [1.54, 1.807) is 17.5 Å². The molecule has 0 fully saturated rings. The van der Waals surface area contributed by atoms with Gasteiger partial charge in [-0.15, -0.1) is 0 Å². The van der Waals surface area contributed by atoms with E-state index in [1.165, 1.54) is 0 Å². The number of hydrogen-bond donors (Lipinski definition) is 2. The highest BCUT2D eigenvalue weighted by atomic mass is 32.1. The van der Waals surface area contributed by atoms with Gasteiger partial charge in [-0.1, -0.05) is 17.4 Å². The van der Waals surface area contributed by atoms with Crippen molar-refractivity contribution in [1.29, 1.82) is 0 Å². The second kappa shape index (κ2) is 4.93. The van der Waals surface area contributed by atoms with E-state index in [2.05, 4.69) is 20.3 Å². The van der Waals surface area contributed by atoms with Crippen LogP contribution in [0.1, 0.15) is 0 Å². The Morgan fingerprint density at radius 3 is 2.95 bits per heavy atom. The fourth-order valence-corrected chi connectivity index (χ4v) is 2.69. The summed E-state index contributed by atoms with van der Waals surface area (Å²) in [6, 6.07) is 5.61. The van der Waals surface area contributed by atoms with Crippen LogP contribution in [0.3, 0.4) is 0 Å². The summed E-state index contributed by atoms with van der Waals surface area (Å²) in [5.41, 5.74) is 2.32. The second-order valence-electron chi connectivity index (χ2n) is 4.45. The Bertz CT molecular complexity index is 761. The number of nitrogens with one attached hydrogen (secondary N) is 2. The van der Waals surface area contributed by atoms with Gasteiger partial charge in [0.2, 0.25) is 6.41 Å². The molecule has 0 bridgehead atoms. The fraction of sp³-hybridized carbons (Fsp3) is 0.154. The number of anilines is 2. The highest BCUT2D eigenvalue weighted by molar-refractivity contribution is 7.18. The van der Waals surface area contributed by atoms with Gasteiger partial charge in [-0.3, -0.25) is 4.79 Å². The van der Waals surface area contributed by atoms with Crippen LogP contribution < -0.4 is 10.2 Å². The number of hydrogen-bond acceptors (Lipinski definition) is 5. The second-order valence-corrected chi connectivity index (χ2v) is 5.46. The first-order valence-electron chi connectivity index (χ1n) is 6.01. The van der Waals surface area contributed by atoms with E-state index < -0.39 is 0 Å². The molecule has 0 unspecified atom stereocenters. The molecule has 20 heavy (non-hydrogen) atoms. The number of amides is 1. The zero-order valence-electron chi connectivity index (χ0n) is 11.0. The van der Waals surface area contributed by atoms with Crippen molar-refractivity contribution >= 4 is 39.6 Å². The van der Waals surface area contributed by atoms with Gasteiger partial charge in [0.15, 0.2) is 5.13 Å². The van der Waals surface area contributed by atoms with Crippen LogP contribution in [-0.4, -0.2) is 35.5 Å². The Labute approximate surface area is 119 Å². The molecule has 7 heteroatoms. The van der Waals surface area contributed by atoms with Gasteiger partial charge in [0, 0.05) is 14.1 Å². The topological polar surface area (TPSA) is 73.9 Å². The molecule has 0 aliphatic carbocycles. The summed E-state index contributed by atoms with van der Waals surface area (Å²) >= 11 is 1.56. The third-order valence-corrected chi connectivity index (χ3v) is 4.01. The maximum absolute atomic E-state index is 10.6. The molecule has 1 amide bonds. The molecule has 0 atom stereocenters. The lowest BCUT2D eigenvalue weighted by Crippen LogP contribution is -2.07. The van der Waals surface area contributed by atoms with Crippen LogP contribution >= 0.6 is 11.3 Å². The Morgan fingerprint density at radius 2 is 2.25 bits per heavy atom. The first-order valence-corrected chi connectivity index (χ1v) is 6.83. The van der Waals surface area contributed by atoms with Gasteiger partial charge in [-0.25, -0.2) is 9.97 Å². The van der Waals surface area contributed by atoms with Crippen molar-refractivity contribution in [1.82, 2.24) is 15.0 Å². The minimum Gasteiger partial charge on any atom is -0.354 e. The van der Waals surface area contributed by atoms with Crippen LogP contribution in [0.25, 0.3) is 21.7 Å². The number of carbonyl (C=O) groups is 1. The first-order chi connectivity index (χ1) is 9.69. The largest absolute Gasteiger partial charge is 0.354 e. The number of thiazole rings is 1. The van der Waals surface area contributed by atoms with Crippen molar-refractivity contribution in [3.8, 4) is 10.7 Å². The molecule has 6 nitrogen and oxygen atoms in total. The number of aromatic amines is 1. The Morgan fingerprint density at radius 1 is 1.40 bits per heavy atom. The summed E-state index contributed by atoms with van der Waals surface area (Å²) in [6.45, 7) is 0. The molecule has 0 aliphatic rings. The maximum Gasteiger partial charge on any atom is 0.211 e. The van der Waals surface area contributed by atoms with E-state index in [0.29, 0.717) is 12.1 Å². The Kier molecular flexibility index (Phi) is 3.11. The molecule has 2 aromatic heterocycles. The van der Waals surface area contributed by atoms with Gasteiger partial charge in [-0.05, 0) is 12.1 Å². The molecule has 102 valence electrons. The third kappa shape index (κ3) is 2.12. The third-order valence-electron chi connectivity index (χ3n) is 2.84. The minimum atomic E-state index is 0.653. The summed E-state index contributed by atoms with van der Waals surface area (Å²) < 4.78 is 0. The van der Waals surface area contributed by atoms with E-state index in [0.717, 1.165) is 26.9 Å². The number of imidazole rings is 1. The van der Waals surface area contributed by atoms with E-state index >= 15 is 0 Å². The summed E-state index contributed by atoms with van der Waals surface area (Å²) in [5.74, 6) is 0.755. The van der Waals surface area contributed by atoms with Crippen molar-refractivity contribution in [3.05, 3.63) is 24.4 Å². The Hall–Kier alpha value is -2.41. The van der Waals surface area contributed by atoms with Crippen molar-refractivity contribution < 1.29 is 4.79 Å². The van der Waals surface area contributed by atoms with E-state index in [4.69, 9.17) is 0 Å². The predicted octanol–water partition coefficient (Wildman–Crippen LogP) is 2.32. The number of fused-ring (bicyclic) bond motifs is 1. The number of para-hydroxylation sites is 1. The minimum absolute atomic E-state index is 0.653. The van der Waals surface area contributed by atoms with Gasteiger partial charge in [0.25, 0.3) is 0 Å². The molecule has 3 aromatic rings. The van der Waals surface area contributed by atoms with Gasteiger partial charge in [-0.2, -0.15) is 0 Å². The van der Waals surface area contributed by atoms with Crippen LogP contribution in [0.15, 0.2) is 24.4 Å². The summed E-state index contributed by atoms with van der Waals surface area (Å²) in [5, 5.41) is 3.58. The summed E-state index contributed by atoms with van der Waals surface area (Å²) in [6.07, 6.45) is 2.45. The molecule has 2 heterocycles. The fourth-order valence-electron chi connectivity index (χ4n) is 1.91. The van der Waals surface area contributed by atoms with Crippen LogP contribution in [0.5, 0.6) is 0 Å². The molecule has 1 aromatic carbocycles. The lowest BCUT2D eigenvalue weighted by molar-refractivity contribution is -0.105. The van der Waals surface area contributed by atoms with Gasteiger partial charge >= 0.3 is 0 Å². The molecule has 3 rings (SSSR count). The van der Waals surface area contributed by atoms with Crippen molar-refractivity contribution in [3.63, 3.8) is 0 Å². The van der Waals surface area contributed by atoms with Crippen LogP contribution in [-0.2, 0) is 4.79 Å². The monoisotopic (exact) mass is 287 g/mol. The molecule has 0 saturated carbocycles. The number of rotatable bonds is 4. The molecule has 0 saturated heterocycles. The van der Waals surface area contributed by atoms with Gasteiger partial charge < -0.3 is 15.2 Å². The molecule has 0 radical (unpaired) electrons. The van der Waals surface area contributed by atoms with Crippen molar-refractivity contribution in [2.24, 2.45) is 0 Å². The number of H-pyrrole nitrogens is 1. The average molecular weight is 287 g/mol. The maximum atomic E-state index is 10.6. The zero-order chi connectivity index (χ0) is 14.1. The average Bonchev–Trinajstić information content (AvgIpc) is 3.06. The Balaban J connectivity index is 2.07. The highest BCUT2D eigenvalue weighted by Gasteiger charge is 2.12. The van der Waals surface area contributed by atoms with E-state index in [1.807, 2.05) is 37.2 Å². The number of carbonyl (C=O) groups excluding carboxylic acids is 1. The highest BCUT2D eigenvalue weighted by Crippen LogP contribution is 2.31. The molecular formula is C13H13N5OS. The lowest BCUT2D eigenvalue weighted by Gasteiger charge is -2.04. The molecule has 0 spiro atoms. The lowest BCUT2D eigenvalue weighted by atomic mass is 10.3. The molecule has 0 aliphatic heterocycles. The normalized spacial score (nSPS) is 10.7. The summed E-state index contributed by atoms with van der Waals surface area (Å²) in [7, 11) is 3.90. The van der Waals surface area contributed by atoms with Crippen LogP contribution in [0, 0.1) is 0 Å². The van der Waals surface area contributed by atoms with Crippen LogP contribution in [0.4, 0.5) is 10.8 Å². The van der Waals surface area contributed by atoms with E-state index in [-0.39, 0.29) is 0 Å². The van der Waals surface area contributed by atoms with Crippen molar-refractivity contribution in [2.75, 3.05) is 24.3 Å². The summed E-state index contributed by atoms with van der Waals surface area (Å²) in [4.78, 5) is 25.7. The number of aromatic nitrogens is 3. The smallest absolute Gasteiger partial charge is 0.211 e. The predicted molar refractivity (Wildman–Crippen MR) is 81.2 cm³/mol. The SMILES string of the molecule is CN(C)c1ncc(-c2nc3c(NC=O)cccc3[nH]2)s1. The van der Waals surface area contributed by atoms with Crippen LogP contribution in [0.2, 0.25) is 0 Å². The molecule has 2 N–H and O–H groups in total. The van der Waals surface area contributed by atoms with E-state index in [9.17, 15) is 4.79 Å².